The Balaban J connectivity index is 2.77. The van der Waals surface area contributed by atoms with E-state index in [-0.39, 0.29) is 11.9 Å². The van der Waals surface area contributed by atoms with Crippen molar-refractivity contribution in [2.24, 2.45) is 0 Å². The molecule has 0 spiro atoms. The Morgan fingerprint density at radius 2 is 2.22 bits per heavy atom. The number of nitrogens with zero attached hydrogens (tertiary/aromatic N) is 1. The van der Waals surface area contributed by atoms with Crippen LogP contribution in [0.15, 0.2) is 15.2 Å². The average Bonchev–Trinajstić information content (AvgIpc) is 2.76. The van der Waals surface area contributed by atoms with Gasteiger partial charge in [-0.05, 0) is 28.9 Å². The van der Waals surface area contributed by atoms with Gasteiger partial charge in [0.2, 0.25) is 0 Å². The van der Waals surface area contributed by atoms with Gasteiger partial charge in [0.15, 0.2) is 0 Å². The summed E-state index contributed by atoms with van der Waals surface area (Å²) in [5, 5.41) is 1.85. The second-order valence-electron chi connectivity index (χ2n) is 3.94. The van der Waals surface area contributed by atoms with E-state index in [0.29, 0.717) is 25.3 Å². The largest absolute Gasteiger partial charge is 0.383 e. The highest BCUT2D eigenvalue weighted by atomic mass is 79.9. The molecule has 0 saturated carbocycles. The summed E-state index contributed by atoms with van der Waals surface area (Å²) in [6, 6.07) is 1.86. The third kappa shape index (κ3) is 4.35. The first-order chi connectivity index (χ1) is 8.60. The van der Waals surface area contributed by atoms with Crippen LogP contribution in [0.25, 0.3) is 0 Å². The Bertz CT molecular complexity index is 383. The maximum Gasteiger partial charge on any atom is 0.255 e. The zero-order chi connectivity index (χ0) is 13.5. The summed E-state index contributed by atoms with van der Waals surface area (Å²) in [4.78, 5) is 14.2. The molecule has 0 aromatic carbocycles. The molecule has 0 aliphatic heterocycles. The van der Waals surface area contributed by atoms with Crippen molar-refractivity contribution in [2.45, 2.75) is 13.0 Å². The molecule has 1 aromatic rings. The molecule has 0 N–H and O–H groups in total. The van der Waals surface area contributed by atoms with Crippen LogP contribution < -0.4 is 0 Å². The zero-order valence-electron chi connectivity index (χ0n) is 10.8. The highest BCUT2D eigenvalue weighted by Crippen LogP contribution is 2.22. The van der Waals surface area contributed by atoms with Gasteiger partial charge in [0.05, 0.1) is 28.6 Å². The van der Waals surface area contributed by atoms with Crippen LogP contribution >= 0.6 is 27.3 Å². The van der Waals surface area contributed by atoms with Crippen molar-refractivity contribution in [1.29, 1.82) is 0 Å². The van der Waals surface area contributed by atoms with Gasteiger partial charge >= 0.3 is 0 Å². The van der Waals surface area contributed by atoms with Crippen LogP contribution in [-0.4, -0.2) is 50.8 Å². The number of ether oxygens (including phenoxy) is 2. The third-order valence-electron chi connectivity index (χ3n) is 2.55. The predicted molar refractivity (Wildman–Crippen MR) is 76.3 cm³/mol. The first-order valence-electron chi connectivity index (χ1n) is 5.63. The third-order valence-corrected chi connectivity index (χ3v) is 4.06. The first kappa shape index (κ1) is 15.6. The van der Waals surface area contributed by atoms with E-state index < -0.39 is 0 Å². The Labute approximate surface area is 120 Å². The lowest BCUT2D eigenvalue weighted by atomic mass is 10.2. The van der Waals surface area contributed by atoms with E-state index in [9.17, 15) is 4.79 Å². The van der Waals surface area contributed by atoms with Crippen LogP contribution in [0.5, 0.6) is 0 Å². The van der Waals surface area contributed by atoms with Crippen LogP contribution in [0, 0.1) is 0 Å². The number of carbonyl (C=O) groups is 1. The topological polar surface area (TPSA) is 38.8 Å². The second kappa shape index (κ2) is 7.89. The Hall–Kier alpha value is -0.430. The molecular weight excluding hydrogens is 318 g/mol. The quantitative estimate of drug-likeness (QED) is 0.768. The molecule has 0 aliphatic carbocycles. The highest BCUT2D eigenvalue weighted by Gasteiger charge is 2.22. The Morgan fingerprint density at radius 3 is 2.72 bits per heavy atom. The van der Waals surface area contributed by atoms with Gasteiger partial charge in [0, 0.05) is 26.1 Å². The smallest absolute Gasteiger partial charge is 0.255 e. The van der Waals surface area contributed by atoms with Gasteiger partial charge in [0.25, 0.3) is 5.91 Å². The van der Waals surface area contributed by atoms with Crippen molar-refractivity contribution in [2.75, 3.05) is 34.0 Å². The number of rotatable bonds is 7. The van der Waals surface area contributed by atoms with E-state index in [1.165, 1.54) is 11.3 Å². The number of methoxy groups -OCH3 is 2. The summed E-state index contributed by atoms with van der Waals surface area (Å²) in [5.41, 5.74) is 0.700. The van der Waals surface area contributed by atoms with Gasteiger partial charge in [-0.25, -0.2) is 0 Å². The van der Waals surface area contributed by atoms with Crippen molar-refractivity contribution >= 4 is 33.2 Å². The van der Waals surface area contributed by atoms with Crippen molar-refractivity contribution in [3.63, 3.8) is 0 Å². The molecule has 102 valence electrons. The molecule has 1 unspecified atom stereocenters. The van der Waals surface area contributed by atoms with E-state index in [4.69, 9.17) is 9.47 Å². The molecule has 0 saturated heterocycles. The van der Waals surface area contributed by atoms with Crippen LogP contribution in [0.2, 0.25) is 0 Å². The highest BCUT2D eigenvalue weighted by molar-refractivity contribution is 9.11. The molecule has 1 heterocycles. The van der Waals surface area contributed by atoms with Crippen molar-refractivity contribution in [3.8, 4) is 0 Å². The molecule has 0 aliphatic rings. The molecule has 6 heteroatoms. The van der Waals surface area contributed by atoms with Crippen LogP contribution in [0.3, 0.4) is 0 Å². The van der Waals surface area contributed by atoms with Crippen LogP contribution in [0.4, 0.5) is 0 Å². The molecule has 1 atom stereocenters. The summed E-state index contributed by atoms with van der Waals surface area (Å²) >= 11 is 4.87. The number of halogens is 1. The molecule has 0 radical (unpaired) electrons. The zero-order valence-corrected chi connectivity index (χ0v) is 13.2. The standard InChI is InChI=1S/C12H18BrNO3S/c1-9(7-17-3)14(4-5-16-2)12(15)10-6-11(13)18-8-10/h6,8-9H,4-5,7H2,1-3H3. The molecular formula is C12H18BrNO3S. The molecule has 1 amide bonds. The Morgan fingerprint density at radius 1 is 1.50 bits per heavy atom. The van der Waals surface area contributed by atoms with E-state index in [1.807, 2.05) is 18.4 Å². The molecule has 0 bridgehead atoms. The fourth-order valence-electron chi connectivity index (χ4n) is 1.63. The van der Waals surface area contributed by atoms with Gasteiger partial charge in [-0.2, -0.15) is 0 Å². The van der Waals surface area contributed by atoms with Gasteiger partial charge in [-0.15, -0.1) is 11.3 Å². The average molecular weight is 336 g/mol. The van der Waals surface area contributed by atoms with Crippen molar-refractivity contribution in [3.05, 3.63) is 20.8 Å². The van der Waals surface area contributed by atoms with Crippen molar-refractivity contribution < 1.29 is 14.3 Å². The van der Waals surface area contributed by atoms with E-state index in [0.717, 1.165) is 3.79 Å². The minimum atomic E-state index is 0.0125. The van der Waals surface area contributed by atoms with Gasteiger partial charge in [-0.1, -0.05) is 0 Å². The molecule has 1 aromatic heterocycles. The monoisotopic (exact) mass is 335 g/mol. The molecule has 4 nitrogen and oxygen atoms in total. The van der Waals surface area contributed by atoms with Gasteiger partial charge in [-0.3, -0.25) is 4.79 Å². The number of amides is 1. The normalized spacial score (nSPS) is 12.4. The number of hydrogen-bond donors (Lipinski definition) is 0. The fourth-order valence-corrected chi connectivity index (χ4v) is 2.76. The first-order valence-corrected chi connectivity index (χ1v) is 7.30. The molecule has 1 rings (SSSR count). The summed E-state index contributed by atoms with van der Waals surface area (Å²) in [6.45, 7) is 3.57. The lowest BCUT2D eigenvalue weighted by Gasteiger charge is -2.28. The summed E-state index contributed by atoms with van der Waals surface area (Å²) < 4.78 is 11.1. The lowest BCUT2D eigenvalue weighted by Crippen LogP contribution is -2.42. The fraction of sp³-hybridized carbons (Fsp3) is 0.583. The maximum absolute atomic E-state index is 12.4. The van der Waals surface area contributed by atoms with Crippen LogP contribution in [-0.2, 0) is 9.47 Å². The summed E-state index contributed by atoms with van der Waals surface area (Å²) in [7, 11) is 3.27. The SMILES string of the molecule is COCCN(C(=O)c1csc(Br)c1)C(C)COC. The van der Waals surface area contributed by atoms with Crippen molar-refractivity contribution in [1.82, 2.24) is 4.90 Å². The van der Waals surface area contributed by atoms with Crippen LogP contribution in [0.1, 0.15) is 17.3 Å². The van der Waals surface area contributed by atoms with E-state index in [1.54, 1.807) is 19.1 Å². The molecule has 18 heavy (non-hydrogen) atoms. The lowest BCUT2D eigenvalue weighted by molar-refractivity contribution is 0.0480. The minimum absolute atomic E-state index is 0.0125. The summed E-state index contributed by atoms with van der Waals surface area (Å²) in [6.07, 6.45) is 0. The number of hydrogen-bond acceptors (Lipinski definition) is 4. The van der Waals surface area contributed by atoms with E-state index >= 15 is 0 Å². The second-order valence-corrected chi connectivity index (χ2v) is 6.23. The summed E-state index contributed by atoms with van der Waals surface area (Å²) in [5.74, 6) is 0.0125. The minimum Gasteiger partial charge on any atom is -0.383 e. The predicted octanol–water partition coefficient (Wildman–Crippen LogP) is 2.63. The number of carbonyl (C=O) groups excluding carboxylic acids is 1. The maximum atomic E-state index is 12.4. The number of thiophene rings is 1. The molecule has 0 fully saturated rings. The van der Waals surface area contributed by atoms with Gasteiger partial charge < -0.3 is 14.4 Å². The van der Waals surface area contributed by atoms with Gasteiger partial charge in [0.1, 0.15) is 0 Å². The van der Waals surface area contributed by atoms with E-state index in [2.05, 4.69) is 15.9 Å². The Kier molecular flexibility index (Phi) is 6.85.